The molecule has 0 saturated heterocycles. The molecule has 0 aliphatic rings. The number of aromatic nitrogens is 3. The third kappa shape index (κ3) is 5.44. The molecule has 10 heteroatoms. The third-order valence-electron chi connectivity index (χ3n) is 4.26. The number of alkyl halides is 2. The van der Waals surface area contributed by atoms with Gasteiger partial charge in [0.1, 0.15) is 5.75 Å². The van der Waals surface area contributed by atoms with Crippen LogP contribution in [-0.2, 0) is 6.54 Å². The van der Waals surface area contributed by atoms with Crippen molar-refractivity contribution in [3.63, 3.8) is 0 Å². The standard InChI is InChI=1S/C21H15ClF2N4O2S/c22-16-9-25-28(11-16)10-13-1-3-15(4-2-13)19(29)27-21-26-18(12-31-21)14-5-7-17(8-6-14)30-20(23)24/h1-9,11-12,20H,10H2,(H,26,27,29). The zero-order valence-electron chi connectivity index (χ0n) is 15.8. The number of carbonyl (C=O) groups excluding carboxylic acids is 1. The van der Waals surface area contributed by atoms with Crippen LogP contribution < -0.4 is 10.1 Å². The minimum absolute atomic E-state index is 0.0709. The summed E-state index contributed by atoms with van der Waals surface area (Å²) in [6, 6.07) is 13.3. The van der Waals surface area contributed by atoms with E-state index in [-0.39, 0.29) is 11.7 Å². The number of thiazole rings is 1. The number of nitrogens with one attached hydrogen (secondary N) is 1. The van der Waals surface area contributed by atoms with E-state index in [2.05, 4.69) is 20.1 Å². The van der Waals surface area contributed by atoms with Crippen molar-refractivity contribution in [2.45, 2.75) is 13.2 Å². The van der Waals surface area contributed by atoms with E-state index in [1.54, 1.807) is 46.7 Å². The van der Waals surface area contributed by atoms with Crippen LogP contribution >= 0.6 is 22.9 Å². The molecule has 0 fully saturated rings. The van der Waals surface area contributed by atoms with Crippen molar-refractivity contribution in [2.75, 3.05) is 5.32 Å². The Morgan fingerprint density at radius 2 is 1.90 bits per heavy atom. The number of benzene rings is 2. The highest BCUT2D eigenvalue weighted by Gasteiger charge is 2.11. The number of hydrogen-bond donors (Lipinski definition) is 1. The Morgan fingerprint density at radius 1 is 1.16 bits per heavy atom. The molecule has 2 aromatic carbocycles. The van der Waals surface area contributed by atoms with Crippen LogP contribution in [-0.4, -0.2) is 27.3 Å². The quantitative estimate of drug-likeness (QED) is 0.392. The molecule has 31 heavy (non-hydrogen) atoms. The van der Waals surface area contributed by atoms with Gasteiger partial charge in [-0.05, 0) is 42.0 Å². The Morgan fingerprint density at radius 3 is 2.55 bits per heavy atom. The summed E-state index contributed by atoms with van der Waals surface area (Å²) in [6.07, 6.45) is 3.29. The van der Waals surface area contributed by atoms with Gasteiger partial charge in [0.15, 0.2) is 5.13 Å². The number of rotatable bonds is 7. The minimum Gasteiger partial charge on any atom is -0.435 e. The SMILES string of the molecule is O=C(Nc1nc(-c2ccc(OC(F)F)cc2)cs1)c1ccc(Cn2cc(Cl)cn2)cc1. The molecule has 6 nitrogen and oxygen atoms in total. The Kier molecular flexibility index (Phi) is 6.24. The van der Waals surface area contributed by atoms with Crippen molar-refractivity contribution in [3.05, 3.63) is 82.5 Å². The van der Waals surface area contributed by atoms with Gasteiger partial charge in [-0.15, -0.1) is 11.3 Å². The van der Waals surface area contributed by atoms with Gasteiger partial charge < -0.3 is 4.74 Å². The average molecular weight is 461 g/mol. The van der Waals surface area contributed by atoms with Crippen molar-refractivity contribution in [3.8, 4) is 17.0 Å². The summed E-state index contributed by atoms with van der Waals surface area (Å²) in [7, 11) is 0. The molecule has 1 N–H and O–H groups in total. The molecule has 1 amide bonds. The van der Waals surface area contributed by atoms with Gasteiger partial charge in [-0.2, -0.15) is 13.9 Å². The molecular weight excluding hydrogens is 446 g/mol. The number of ether oxygens (including phenoxy) is 1. The Balaban J connectivity index is 1.38. The summed E-state index contributed by atoms with van der Waals surface area (Å²) in [5, 5.41) is 9.67. The molecule has 4 aromatic rings. The number of amides is 1. The summed E-state index contributed by atoms with van der Waals surface area (Å²) >= 11 is 7.13. The third-order valence-corrected chi connectivity index (χ3v) is 5.22. The molecule has 0 atom stereocenters. The lowest BCUT2D eigenvalue weighted by molar-refractivity contribution is -0.0498. The van der Waals surface area contributed by atoms with Crippen LogP contribution in [0.4, 0.5) is 13.9 Å². The molecule has 0 saturated carbocycles. The first-order chi connectivity index (χ1) is 15.0. The summed E-state index contributed by atoms with van der Waals surface area (Å²) in [6.45, 7) is -2.32. The summed E-state index contributed by atoms with van der Waals surface area (Å²) in [5.41, 5.74) is 2.82. The van der Waals surface area contributed by atoms with Crippen molar-refractivity contribution in [2.24, 2.45) is 0 Å². The summed E-state index contributed by atoms with van der Waals surface area (Å²) in [4.78, 5) is 16.9. The highest BCUT2D eigenvalue weighted by atomic mass is 35.5. The fraction of sp³-hybridized carbons (Fsp3) is 0.0952. The van der Waals surface area contributed by atoms with Crippen LogP contribution in [0.2, 0.25) is 5.02 Å². The van der Waals surface area contributed by atoms with Crippen LogP contribution in [0.5, 0.6) is 5.75 Å². The summed E-state index contributed by atoms with van der Waals surface area (Å²) in [5.74, 6) is -0.211. The molecule has 2 heterocycles. The zero-order valence-corrected chi connectivity index (χ0v) is 17.4. The molecule has 0 bridgehead atoms. The lowest BCUT2D eigenvalue weighted by atomic mass is 10.1. The van der Waals surface area contributed by atoms with Crippen LogP contribution in [0.25, 0.3) is 11.3 Å². The maximum absolute atomic E-state index is 12.5. The first-order valence-electron chi connectivity index (χ1n) is 9.05. The lowest BCUT2D eigenvalue weighted by Gasteiger charge is -2.05. The molecule has 0 radical (unpaired) electrons. The predicted octanol–water partition coefficient (Wildman–Crippen LogP) is 5.56. The second-order valence-electron chi connectivity index (χ2n) is 6.45. The topological polar surface area (TPSA) is 69.0 Å². The van der Waals surface area contributed by atoms with Crippen molar-refractivity contribution in [1.82, 2.24) is 14.8 Å². The Labute approximate surface area is 185 Å². The fourth-order valence-electron chi connectivity index (χ4n) is 2.81. The fourth-order valence-corrected chi connectivity index (χ4v) is 3.68. The minimum atomic E-state index is -2.87. The number of halogens is 3. The van der Waals surface area contributed by atoms with Gasteiger partial charge in [0.05, 0.1) is 23.5 Å². The zero-order chi connectivity index (χ0) is 21.8. The Hall–Kier alpha value is -3.30. The van der Waals surface area contributed by atoms with Crippen LogP contribution in [0.15, 0.2) is 66.3 Å². The first kappa shape index (κ1) is 21.0. The van der Waals surface area contributed by atoms with E-state index in [0.717, 1.165) is 11.1 Å². The van der Waals surface area contributed by atoms with Crippen LogP contribution in [0.1, 0.15) is 15.9 Å². The number of nitrogens with zero attached hydrogens (tertiary/aromatic N) is 3. The maximum atomic E-state index is 12.5. The van der Waals surface area contributed by atoms with Gasteiger partial charge in [0.25, 0.3) is 5.91 Å². The van der Waals surface area contributed by atoms with E-state index in [1.807, 2.05) is 12.1 Å². The molecule has 0 aliphatic carbocycles. The molecular formula is C21H15ClF2N4O2S. The van der Waals surface area contributed by atoms with E-state index in [1.165, 1.54) is 23.5 Å². The maximum Gasteiger partial charge on any atom is 0.387 e. The summed E-state index contributed by atoms with van der Waals surface area (Å²) < 4.78 is 30.5. The second-order valence-corrected chi connectivity index (χ2v) is 7.74. The monoisotopic (exact) mass is 460 g/mol. The Bertz CT molecular complexity index is 1180. The number of anilines is 1. The number of carbonyl (C=O) groups is 1. The average Bonchev–Trinajstić information content (AvgIpc) is 3.37. The van der Waals surface area contributed by atoms with Crippen LogP contribution in [0, 0.1) is 0 Å². The number of hydrogen-bond acceptors (Lipinski definition) is 5. The van der Waals surface area contributed by atoms with Gasteiger partial charge in [0, 0.05) is 22.7 Å². The van der Waals surface area contributed by atoms with Gasteiger partial charge >= 0.3 is 6.61 Å². The lowest BCUT2D eigenvalue weighted by Crippen LogP contribution is -2.11. The van der Waals surface area contributed by atoms with E-state index < -0.39 is 6.61 Å². The molecule has 158 valence electrons. The van der Waals surface area contributed by atoms with E-state index in [4.69, 9.17) is 11.6 Å². The van der Waals surface area contributed by atoms with Gasteiger partial charge in [0.2, 0.25) is 0 Å². The normalized spacial score (nSPS) is 11.0. The second kappa shape index (κ2) is 9.23. The van der Waals surface area contributed by atoms with Crippen molar-refractivity contribution < 1.29 is 18.3 Å². The molecule has 4 rings (SSSR count). The van der Waals surface area contributed by atoms with Gasteiger partial charge in [-0.1, -0.05) is 23.7 Å². The highest BCUT2D eigenvalue weighted by Crippen LogP contribution is 2.27. The van der Waals surface area contributed by atoms with E-state index in [0.29, 0.717) is 28.0 Å². The van der Waals surface area contributed by atoms with Crippen molar-refractivity contribution in [1.29, 1.82) is 0 Å². The first-order valence-corrected chi connectivity index (χ1v) is 10.3. The highest BCUT2D eigenvalue weighted by molar-refractivity contribution is 7.14. The van der Waals surface area contributed by atoms with Gasteiger partial charge in [-0.3, -0.25) is 14.8 Å². The molecule has 0 unspecified atom stereocenters. The molecule has 2 aromatic heterocycles. The largest absolute Gasteiger partial charge is 0.435 e. The molecule has 0 spiro atoms. The van der Waals surface area contributed by atoms with Gasteiger partial charge in [-0.25, -0.2) is 4.98 Å². The van der Waals surface area contributed by atoms with E-state index in [9.17, 15) is 13.6 Å². The van der Waals surface area contributed by atoms with E-state index >= 15 is 0 Å². The predicted molar refractivity (Wildman–Crippen MR) is 115 cm³/mol. The van der Waals surface area contributed by atoms with Crippen molar-refractivity contribution >= 4 is 34.0 Å². The van der Waals surface area contributed by atoms with Crippen LogP contribution in [0.3, 0.4) is 0 Å². The molecule has 0 aliphatic heterocycles. The smallest absolute Gasteiger partial charge is 0.387 e.